The lowest BCUT2D eigenvalue weighted by molar-refractivity contribution is 0.243. The summed E-state index contributed by atoms with van der Waals surface area (Å²) in [4.78, 5) is 11.0. The number of amides is 2. The van der Waals surface area contributed by atoms with Crippen LogP contribution in [-0.2, 0) is 0 Å². The van der Waals surface area contributed by atoms with Gasteiger partial charge in [-0.05, 0) is 26.2 Å². The second-order valence-electron chi connectivity index (χ2n) is 3.24. The van der Waals surface area contributed by atoms with E-state index in [0.717, 1.165) is 19.3 Å². The van der Waals surface area contributed by atoms with Gasteiger partial charge in [-0.25, -0.2) is 4.79 Å². The van der Waals surface area contributed by atoms with E-state index in [0.29, 0.717) is 6.04 Å². The van der Waals surface area contributed by atoms with Crippen molar-refractivity contribution in [1.29, 1.82) is 0 Å². The van der Waals surface area contributed by atoms with Crippen LogP contribution in [0.5, 0.6) is 0 Å². The molecule has 0 saturated heterocycles. The summed E-state index contributed by atoms with van der Waals surface area (Å²) >= 11 is 0. The van der Waals surface area contributed by atoms with Crippen LogP contribution in [-0.4, -0.2) is 12.1 Å². The average molecular weight is 168 g/mol. The van der Waals surface area contributed by atoms with E-state index in [1.54, 1.807) is 6.20 Å². The minimum Gasteiger partial charge on any atom is -0.335 e. The van der Waals surface area contributed by atoms with Gasteiger partial charge in [-0.3, -0.25) is 0 Å². The van der Waals surface area contributed by atoms with Crippen LogP contribution in [0.25, 0.3) is 0 Å². The minimum atomic E-state index is -0.0784. The molecule has 3 nitrogen and oxygen atoms in total. The first-order valence-corrected chi connectivity index (χ1v) is 4.45. The molecule has 1 aliphatic carbocycles. The van der Waals surface area contributed by atoms with Gasteiger partial charge in [0.25, 0.3) is 0 Å². The van der Waals surface area contributed by atoms with Crippen molar-refractivity contribution in [3.8, 4) is 0 Å². The second-order valence-corrected chi connectivity index (χ2v) is 3.24. The number of carbonyl (C=O) groups excluding carboxylic acids is 1. The highest BCUT2D eigenvalue weighted by atomic mass is 16.2. The summed E-state index contributed by atoms with van der Waals surface area (Å²) in [5, 5.41) is 5.53. The fraction of sp³-hybridized carbons (Fsp3) is 0.667. The van der Waals surface area contributed by atoms with Gasteiger partial charge in [0.1, 0.15) is 0 Å². The van der Waals surface area contributed by atoms with Gasteiger partial charge in [-0.2, -0.15) is 0 Å². The summed E-state index contributed by atoms with van der Waals surface area (Å²) in [5.74, 6) is 0. The molecular formula is C9H16N2O. The third-order valence-corrected chi connectivity index (χ3v) is 1.92. The van der Waals surface area contributed by atoms with Crippen LogP contribution in [0.1, 0.15) is 33.1 Å². The standard InChI is InChI=1S/C9H16N2O/c1-3-7(2)6-10-9(12)11-8-4-5-8/h6,8H,3-5H2,1-2H3,(H2,10,11,12)/b7-6+. The first kappa shape index (κ1) is 9.10. The average Bonchev–Trinajstić information content (AvgIpc) is 2.84. The molecule has 0 unspecified atom stereocenters. The maximum atomic E-state index is 11.0. The van der Waals surface area contributed by atoms with Crippen LogP contribution in [0, 0.1) is 0 Å². The van der Waals surface area contributed by atoms with E-state index in [2.05, 4.69) is 17.6 Å². The minimum absolute atomic E-state index is 0.0784. The van der Waals surface area contributed by atoms with E-state index < -0.39 is 0 Å². The molecule has 68 valence electrons. The zero-order valence-corrected chi connectivity index (χ0v) is 7.68. The van der Waals surface area contributed by atoms with Gasteiger partial charge in [-0.15, -0.1) is 0 Å². The number of hydrogen-bond acceptors (Lipinski definition) is 1. The maximum Gasteiger partial charge on any atom is 0.318 e. The highest BCUT2D eigenvalue weighted by molar-refractivity contribution is 5.75. The fourth-order valence-electron chi connectivity index (χ4n) is 0.746. The summed E-state index contributed by atoms with van der Waals surface area (Å²) in [5.41, 5.74) is 1.18. The normalized spacial score (nSPS) is 17.3. The molecule has 2 amide bonds. The Morgan fingerprint density at radius 1 is 1.58 bits per heavy atom. The van der Waals surface area contributed by atoms with Crippen LogP contribution in [0.4, 0.5) is 4.79 Å². The molecule has 0 aromatic carbocycles. The molecule has 12 heavy (non-hydrogen) atoms. The molecule has 0 atom stereocenters. The maximum absolute atomic E-state index is 11.0. The lowest BCUT2D eigenvalue weighted by Gasteiger charge is -2.02. The number of carbonyl (C=O) groups is 1. The fourth-order valence-corrected chi connectivity index (χ4v) is 0.746. The molecule has 1 fully saturated rings. The van der Waals surface area contributed by atoms with Crippen molar-refractivity contribution in [3.63, 3.8) is 0 Å². The number of rotatable bonds is 3. The van der Waals surface area contributed by atoms with Crippen molar-refractivity contribution in [3.05, 3.63) is 11.8 Å². The Hall–Kier alpha value is -0.990. The Labute approximate surface area is 73.2 Å². The predicted molar refractivity (Wildman–Crippen MR) is 48.7 cm³/mol. The molecule has 1 rings (SSSR count). The van der Waals surface area contributed by atoms with Gasteiger partial charge in [0, 0.05) is 12.2 Å². The van der Waals surface area contributed by atoms with Crippen molar-refractivity contribution < 1.29 is 4.79 Å². The Kier molecular flexibility index (Phi) is 3.14. The molecule has 0 aromatic heterocycles. The Balaban J connectivity index is 2.16. The molecule has 0 aliphatic heterocycles. The van der Waals surface area contributed by atoms with Crippen LogP contribution in [0.3, 0.4) is 0 Å². The van der Waals surface area contributed by atoms with E-state index in [4.69, 9.17) is 0 Å². The SMILES string of the molecule is CC/C(C)=C/NC(=O)NC1CC1. The molecule has 0 radical (unpaired) electrons. The van der Waals surface area contributed by atoms with E-state index >= 15 is 0 Å². The quantitative estimate of drug-likeness (QED) is 0.662. The van der Waals surface area contributed by atoms with E-state index in [9.17, 15) is 4.79 Å². The molecule has 1 aliphatic rings. The van der Waals surface area contributed by atoms with Crippen LogP contribution >= 0.6 is 0 Å². The number of hydrogen-bond donors (Lipinski definition) is 2. The molecule has 0 bridgehead atoms. The van der Waals surface area contributed by atoms with Crippen LogP contribution in [0.2, 0.25) is 0 Å². The third-order valence-electron chi connectivity index (χ3n) is 1.92. The monoisotopic (exact) mass is 168 g/mol. The zero-order chi connectivity index (χ0) is 8.97. The van der Waals surface area contributed by atoms with Gasteiger partial charge >= 0.3 is 6.03 Å². The lowest BCUT2D eigenvalue weighted by atomic mass is 10.3. The summed E-state index contributed by atoms with van der Waals surface area (Å²) in [7, 11) is 0. The highest BCUT2D eigenvalue weighted by Crippen LogP contribution is 2.18. The smallest absolute Gasteiger partial charge is 0.318 e. The largest absolute Gasteiger partial charge is 0.335 e. The molecule has 0 heterocycles. The van der Waals surface area contributed by atoms with Gasteiger partial charge in [-0.1, -0.05) is 12.5 Å². The molecule has 1 saturated carbocycles. The summed E-state index contributed by atoms with van der Waals surface area (Å²) in [6.45, 7) is 4.06. The first-order valence-electron chi connectivity index (χ1n) is 4.45. The Morgan fingerprint density at radius 2 is 2.25 bits per heavy atom. The second kappa shape index (κ2) is 4.14. The van der Waals surface area contributed by atoms with Gasteiger partial charge in [0.15, 0.2) is 0 Å². The summed E-state index contributed by atoms with van der Waals surface area (Å²) in [6, 6.07) is 0.352. The van der Waals surface area contributed by atoms with E-state index in [1.807, 2.05) is 6.92 Å². The van der Waals surface area contributed by atoms with Crippen molar-refractivity contribution in [2.24, 2.45) is 0 Å². The topological polar surface area (TPSA) is 41.1 Å². The molecule has 0 aromatic rings. The summed E-state index contributed by atoms with van der Waals surface area (Å²) < 4.78 is 0. The predicted octanol–water partition coefficient (Wildman–Crippen LogP) is 1.76. The van der Waals surface area contributed by atoms with E-state index in [-0.39, 0.29) is 6.03 Å². The highest BCUT2D eigenvalue weighted by Gasteiger charge is 2.22. The third kappa shape index (κ3) is 3.42. The molecule has 3 heteroatoms. The number of nitrogens with one attached hydrogen (secondary N) is 2. The molecule has 2 N–H and O–H groups in total. The van der Waals surface area contributed by atoms with Crippen molar-refractivity contribution in [2.45, 2.75) is 39.2 Å². The molecule has 0 spiro atoms. The number of urea groups is 1. The van der Waals surface area contributed by atoms with Crippen LogP contribution in [0.15, 0.2) is 11.8 Å². The first-order chi connectivity index (χ1) is 5.72. The van der Waals surface area contributed by atoms with Gasteiger partial charge < -0.3 is 10.6 Å². The summed E-state index contributed by atoms with van der Waals surface area (Å²) in [6.07, 6.45) is 5.00. The van der Waals surface area contributed by atoms with Crippen molar-refractivity contribution in [2.75, 3.05) is 0 Å². The zero-order valence-electron chi connectivity index (χ0n) is 7.68. The van der Waals surface area contributed by atoms with E-state index in [1.165, 1.54) is 5.57 Å². The van der Waals surface area contributed by atoms with Crippen molar-refractivity contribution in [1.82, 2.24) is 10.6 Å². The Morgan fingerprint density at radius 3 is 2.75 bits per heavy atom. The van der Waals surface area contributed by atoms with Gasteiger partial charge in [0.2, 0.25) is 0 Å². The van der Waals surface area contributed by atoms with Crippen molar-refractivity contribution >= 4 is 6.03 Å². The van der Waals surface area contributed by atoms with Gasteiger partial charge in [0.05, 0.1) is 0 Å². The number of allylic oxidation sites excluding steroid dienone is 1. The Bertz CT molecular complexity index is 195. The van der Waals surface area contributed by atoms with Crippen LogP contribution < -0.4 is 10.6 Å². The molecular weight excluding hydrogens is 152 g/mol. The lowest BCUT2D eigenvalue weighted by Crippen LogP contribution is -2.33.